The second-order valence-electron chi connectivity index (χ2n) is 10.9. The lowest BCUT2D eigenvalue weighted by molar-refractivity contribution is -0.158. The molecule has 1 atom stereocenters. The van der Waals surface area contributed by atoms with Gasteiger partial charge in [0.15, 0.2) is 0 Å². The van der Waals surface area contributed by atoms with E-state index in [1.54, 1.807) is 0 Å². The van der Waals surface area contributed by atoms with E-state index in [1.807, 2.05) is 20.8 Å². The first-order valence-corrected chi connectivity index (χ1v) is 14.5. The minimum absolute atomic E-state index is 0.0284. The number of unbranched alkanes of at least 4 members (excludes halogenated alkanes) is 13. The van der Waals surface area contributed by atoms with Crippen molar-refractivity contribution in [3.63, 3.8) is 0 Å². The molecule has 1 amide bonds. The van der Waals surface area contributed by atoms with Crippen molar-refractivity contribution in [3.05, 3.63) is 0 Å². The maximum atomic E-state index is 12.6. The van der Waals surface area contributed by atoms with Gasteiger partial charge < -0.3 is 15.4 Å². The van der Waals surface area contributed by atoms with Crippen molar-refractivity contribution in [2.24, 2.45) is 0 Å². The highest BCUT2D eigenvalue weighted by molar-refractivity contribution is 5.84. The van der Waals surface area contributed by atoms with E-state index >= 15 is 0 Å². The van der Waals surface area contributed by atoms with Crippen molar-refractivity contribution in [1.29, 1.82) is 0 Å². The molecule has 0 spiro atoms. The van der Waals surface area contributed by atoms with E-state index in [0.29, 0.717) is 12.8 Å². The highest BCUT2D eigenvalue weighted by Crippen LogP contribution is 2.13. The molecule has 0 saturated heterocycles. The van der Waals surface area contributed by atoms with Crippen molar-refractivity contribution in [2.75, 3.05) is 13.1 Å². The standard InChI is InChI=1S/C29H58N2O3/c1-6-8-10-12-13-14-15-16-17-18-19-23-27(32)31-26(28(33)34-29(3,4)5)22-21-25-30-24-20-11-9-7-2/h26,30H,6-25H2,1-5H3,(H,31,32)/t26-/m0/s1. The molecule has 0 aliphatic rings. The molecule has 0 heterocycles. The van der Waals surface area contributed by atoms with Crippen LogP contribution in [0.15, 0.2) is 0 Å². The Hall–Kier alpha value is -1.10. The van der Waals surface area contributed by atoms with Gasteiger partial charge in [-0.2, -0.15) is 0 Å². The summed E-state index contributed by atoms with van der Waals surface area (Å²) in [6.45, 7) is 12.0. The smallest absolute Gasteiger partial charge is 0.329 e. The van der Waals surface area contributed by atoms with Gasteiger partial charge in [-0.05, 0) is 59.5 Å². The van der Waals surface area contributed by atoms with Crippen LogP contribution in [0.1, 0.15) is 150 Å². The summed E-state index contributed by atoms with van der Waals surface area (Å²) in [5.74, 6) is -0.345. The fourth-order valence-corrected chi connectivity index (χ4v) is 4.07. The van der Waals surface area contributed by atoms with Gasteiger partial charge in [0, 0.05) is 6.42 Å². The highest BCUT2D eigenvalue weighted by atomic mass is 16.6. The molecule has 2 N–H and O–H groups in total. The number of ether oxygens (including phenoxy) is 1. The van der Waals surface area contributed by atoms with Crippen molar-refractivity contribution < 1.29 is 14.3 Å². The molecular formula is C29H58N2O3. The van der Waals surface area contributed by atoms with Gasteiger partial charge >= 0.3 is 5.97 Å². The van der Waals surface area contributed by atoms with Crippen molar-refractivity contribution >= 4 is 11.9 Å². The van der Waals surface area contributed by atoms with Gasteiger partial charge in [-0.25, -0.2) is 4.79 Å². The molecule has 0 aliphatic carbocycles. The number of amides is 1. The zero-order valence-corrected chi connectivity index (χ0v) is 23.4. The molecule has 34 heavy (non-hydrogen) atoms. The Labute approximate surface area is 211 Å². The summed E-state index contributed by atoms with van der Waals surface area (Å²) < 4.78 is 5.56. The van der Waals surface area contributed by atoms with Crippen molar-refractivity contribution in [1.82, 2.24) is 10.6 Å². The molecule has 0 bridgehead atoms. The summed E-state index contributed by atoms with van der Waals surface area (Å²) in [5, 5.41) is 6.40. The van der Waals surface area contributed by atoms with Gasteiger partial charge in [-0.3, -0.25) is 4.79 Å². The summed E-state index contributed by atoms with van der Waals surface area (Å²) in [5.41, 5.74) is -0.548. The Bertz CT molecular complexity index is 488. The van der Waals surface area contributed by atoms with Gasteiger partial charge in [0.05, 0.1) is 0 Å². The maximum absolute atomic E-state index is 12.6. The Morgan fingerprint density at radius 3 is 1.68 bits per heavy atom. The predicted octanol–water partition coefficient (Wildman–Crippen LogP) is 7.46. The van der Waals surface area contributed by atoms with Crippen LogP contribution in [0.3, 0.4) is 0 Å². The van der Waals surface area contributed by atoms with E-state index in [2.05, 4.69) is 24.5 Å². The molecule has 0 aromatic heterocycles. The molecule has 5 nitrogen and oxygen atoms in total. The van der Waals surface area contributed by atoms with Crippen LogP contribution in [0, 0.1) is 0 Å². The van der Waals surface area contributed by atoms with Crippen LogP contribution in [-0.4, -0.2) is 36.6 Å². The average molecular weight is 483 g/mol. The fourth-order valence-electron chi connectivity index (χ4n) is 4.07. The number of carbonyl (C=O) groups excluding carboxylic acids is 2. The molecule has 0 aliphatic heterocycles. The Morgan fingerprint density at radius 1 is 0.676 bits per heavy atom. The summed E-state index contributed by atoms with van der Waals surface area (Å²) in [6, 6.07) is -0.554. The Balaban J connectivity index is 4.09. The van der Waals surface area contributed by atoms with Gasteiger partial charge in [-0.1, -0.05) is 97.3 Å². The third-order valence-electron chi connectivity index (χ3n) is 6.09. The molecule has 5 heteroatoms. The van der Waals surface area contributed by atoms with Crippen LogP contribution < -0.4 is 10.6 Å². The van der Waals surface area contributed by atoms with E-state index < -0.39 is 11.6 Å². The Kier molecular flexibility index (Phi) is 21.6. The molecule has 0 aromatic carbocycles. The third kappa shape index (κ3) is 22.7. The number of carbonyl (C=O) groups is 2. The van der Waals surface area contributed by atoms with E-state index in [9.17, 15) is 9.59 Å². The minimum atomic E-state index is -0.554. The predicted molar refractivity (Wildman–Crippen MR) is 145 cm³/mol. The lowest BCUT2D eigenvalue weighted by atomic mass is 10.0. The Morgan fingerprint density at radius 2 is 1.15 bits per heavy atom. The van der Waals surface area contributed by atoms with Gasteiger partial charge in [0.1, 0.15) is 11.6 Å². The maximum Gasteiger partial charge on any atom is 0.329 e. The van der Waals surface area contributed by atoms with Crippen molar-refractivity contribution in [3.8, 4) is 0 Å². The number of hydrogen-bond acceptors (Lipinski definition) is 4. The number of hydrogen-bond donors (Lipinski definition) is 2. The van der Waals surface area contributed by atoms with Crippen LogP contribution in [0.5, 0.6) is 0 Å². The quantitative estimate of drug-likeness (QED) is 0.117. The summed E-state index contributed by atoms with van der Waals surface area (Å²) in [4.78, 5) is 25.1. The minimum Gasteiger partial charge on any atom is -0.458 e. The third-order valence-corrected chi connectivity index (χ3v) is 6.09. The summed E-state index contributed by atoms with van der Waals surface area (Å²) >= 11 is 0. The summed E-state index contributed by atoms with van der Waals surface area (Å²) in [6.07, 6.45) is 20.8. The van der Waals surface area contributed by atoms with Gasteiger partial charge in [-0.15, -0.1) is 0 Å². The average Bonchev–Trinajstić information content (AvgIpc) is 2.77. The highest BCUT2D eigenvalue weighted by Gasteiger charge is 2.26. The molecular weight excluding hydrogens is 424 g/mol. The topological polar surface area (TPSA) is 67.4 Å². The normalized spacial score (nSPS) is 12.5. The fraction of sp³-hybridized carbons (Fsp3) is 0.931. The zero-order valence-electron chi connectivity index (χ0n) is 23.4. The first-order chi connectivity index (χ1) is 16.3. The van der Waals surface area contributed by atoms with Crippen LogP contribution >= 0.6 is 0 Å². The summed E-state index contributed by atoms with van der Waals surface area (Å²) in [7, 11) is 0. The molecule has 0 radical (unpaired) electrons. The second-order valence-corrected chi connectivity index (χ2v) is 10.9. The van der Waals surface area contributed by atoms with Gasteiger partial charge in [0.2, 0.25) is 5.91 Å². The number of nitrogens with one attached hydrogen (secondary N) is 2. The zero-order chi connectivity index (χ0) is 25.5. The first kappa shape index (κ1) is 32.9. The van der Waals surface area contributed by atoms with E-state index in [-0.39, 0.29) is 11.9 Å². The van der Waals surface area contributed by atoms with Gasteiger partial charge in [0.25, 0.3) is 0 Å². The monoisotopic (exact) mass is 482 g/mol. The van der Waals surface area contributed by atoms with Crippen LogP contribution in [-0.2, 0) is 14.3 Å². The SMILES string of the molecule is CCCCCCCCCCCCCC(=O)N[C@@H](CCCNCCCCCC)C(=O)OC(C)(C)C. The van der Waals surface area contributed by atoms with E-state index in [1.165, 1.54) is 83.5 Å². The molecule has 0 saturated carbocycles. The molecule has 202 valence electrons. The van der Waals surface area contributed by atoms with Crippen LogP contribution in [0.25, 0.3) is 0 Å². The van der Waals surface area contributed by atoms with Crippen molar-refractivity contribution in [2.45, 2.75) is 162 Å². The van der Waals surface area contributed by atoms with E-state index in [4.69, 9.17) is 4.74 Å². The first-order valence-electron chi connectivity index (χ1n) is 14.5. The number of rotatable bonds is 23. The van der Waals surface area contributed by atoms with Crippen LogP contribution in [0.2, 0.25) is 0 Å². The lowest BCUT2D eigenvalue weighted by Crippen LogP contribution is -2.44. The molecule has 0 fully saturated rings. The second kappa shape index (κ2) is 22.4. The largest absolute Gasteiger partial charge is 0.458 e. The van der Waals surface area contributed by atoms with E-state index in [0.717, 1.165) is 32.4 Å². The molecule has 0 aromatic rings. The van der Waals surface area contributed by atoms with Crippen LogP contribution in [0.4, 0.5) is 0 Å². The number of esters is 1. The lowest BCUT2D eigenvalue weighted by Gasteiger charge is -2.24. The molecule has 0 unspecified atom stereocenters. The molecule has 0 rings (SSSR count).